The minimum Gasteiger partial charge on any atom is -0.497 e. The van der Waals surface area contributed by atoms with E-state index in [0.717, 1.165) is 0 Å². The van der Waals surface area contributed by atoms with E-state index in [9.17, 15) is 9.59 Å². The monoisotopic (exact) mass is 465 g/mol. The Bertz CT molecular complexity index is 1330. The van der Waals surface area contributed by atoms with E-state index in [2.05, 4.69) is 5.32 Å². The molecule has 0 spiro atoms. The van der Waals surface area contributed by atoms with Gasteiger partial charge >= 0.3 is 0 Å². The number of anilines is 1. The fourth-order valence-electron chi connectivity index (χ4n) is 3.28. The topological polar surface area (TPSA) is 87.0 Å². The number of fused-ring (bicyclic) bond motifs is 1. The maximum Gasteiger partial charge on any atom is 0.262 e. The maximum absolute atomic E-state index is 13.2. The number of methoxy groups -OCH3 is 2. The molecule has 0 saturated carbocycles. The van der Waals surface area contributed by atoms with E-state index < -0.39 is 11.7 Å². The van der Waals surface area contributed by atoms with Crippen LogP contribution in [0.4, 0.5) is 5.69 Å². The van der Waals surface area contributed by atoms with Gasteiger partial charge in [0.15, 0.2) is 12.4 Å². The molecule has 0 aliphatic heterocycles. The summed E-state index contributed by atoms with van der Waals surface area (Å²) in [4.78, 5) is 25.9. The van der Waals surface area contributed by atoms with Gasteiger partial charge in [-0.25, -0.2) is 0 Å². The van der Waals surface area contributed by atoms with Gasteiger partial charge in [-0.2, -0.15) is 0 Å². The quantitative estimate of drug-likeness (QED) is 0.353. The van der Waals surface area contributed by atoms with Crippen LogP contribution in [-0.4, -0.2) is 32.5 Å². The average molecular weight is 466 g/mol. The number of carbonyl (C=O) groups excluding carboxylic acids is 2. The van der Waals surface area contributed by atoms with Gasteiger partial charge < -0.3 is 23.9 Å². The summed E-state index contributed by atoms with van der Waals surface area (Å²) in [6, 6.07) is 18.6. The standard InChI is InChI=1S/C25H20ClNO6/c1-30-16-6-5-7-17(13-16)32-14-22(28)27-23-18-8-3-4-9-20(18)33-25(23)24(29)15-10-11-21(31-2)19(26)12-15/h3-13H,14H2,1-2H3,(H,27,28). The second-order valence-corrected chi connectivity index (χ2v) is 7.40. The number of furan rings is 1. The summed E-state index contributed by atoms with van der Waals surface area (Å²) in [5, 5.41) is 3.63. The van der Waals surface area contributed by atoms with Crippen LogP contribution in [0.15, 0.2) is 71.1 Å². The zero-order valence-electron chi connectivity index (χ0n) is 17.9. The highest BCUT2D eigenvalue weighted by Crippen LogP contribution is 2.34. The van der Waals surface area contributed by atoms with Crippen LogP contribution in [0, 0.1) is 0 Å². The molecule has 1 N–H and O–H groups in total. The molecular formula is C25H20ClNO6. The van der Waals surface area contributed by atoms with Gasteiger partial charge in [-0.05, 0) is 42.5 Å². The number of benzene rings is 3. The Hall–Kier alpha value is -3.97. The van der Waals surface area contributed by atoms with Crippen molar-refractivity contribution < 1.29 is 28.2 Å². The molecule has 0 bridgehead atoms. The second-order valence-electron chi connectivity index (χ2n) is 7.00. The minimum atomic E-state index is -0.453. The van der Waals surface area contributed by atoms with E-state index in [1.54, 1.807) is 67.8 Å². The van der Waals surface area contributed by atoms with E-state index in [4.69, 9.17) is 30.2 Å². The Morgan fingerprint density at radius 2 is 1.73 bits per heavy atom. The molecule has 4 rings (SSSR count). The number of hydrogen-bond acceptors (Lipinski definition) is 6. The molecule has 1 heterocycles. The second kappa shape index (κ2) is 9.67. The molecule has 0 radical (unpaired) electrons. The van der Waals surface area contributed by atoms with Gasteiger partial charge in [-0.3, -0.25) is 9.59 Å². The highest BCUT2D eigenvalue weighted by molar-refractivity contribution is 6.32. The molecule has 0 aliphatic rings. The molecule has 33 heavy (non-hydrogen) atoms. The Kier molecular flexibility index (Phi) is 6.51. The Morgan fingerprint density at radius 3 is 2.48 bits per heavy atom. The van der Waals surface area contributed by atoms with Crippen molar-refractivity contribution in [2.75, 3.05) is 26.1 Å². The predicted octanol–water partition coefficient (Wildman–Crippen LogP) is 5.35. The smallest absolute Gasteiger partial charge is 0.262 e. The zero-order valence-corrected chi connectivity index (χ0v) is 18.6. The van der Waals surface area contributed by atoms with Gasteiger partial charge in [0, 0.05) is 17.0 Å². The average Bonchev–Trinajstić information content (AvgIpc) is 3.20. The molecule has 0 fully saturated rings. The van der Waals surface area contributed by atoms with Gasteiger partial charge in [0.2, 0.25) is 5.78 Å². The van der Waals surface area contributed by atoms with E-state index in [0.29, 0.717) is 33.8 Å². The summed E-state index contributed by atoms with van der Waals surface area (Å²) >= 11 is 6.18. The van der Waals surface area contributed by atoms with Crippen molar-refractivity contribution in [2.24, 2.45) is 0 Å². The highest BCUT2D eigenvalue weighted by atomic mass is 35.5. The third kappa shape index (κ3) is 4.78. The fraction of sp³-hybridized carbons (Fsp3) is 0.120. The van der Waals surface area contributed by atoms with E-state index in [1.165, 1.54) is 13.2 Å². The van der Waals surface area contributed by atoms with Crippen molar-refractivity contribution in [1.29, 1.82) is 0 Å². The molecule has 4 aromatic rings. The van der Waals surface area contributed by atoms with Crippen LogP contribution in [0.2, 0.25) is 5.02 Å². The number of ketones is 1. The van der Waals surface area contributed by atoms with Crippen LogP contribution in [0.5, 0.6) is 17.2 Å². The Balaban J connectivity index is 1.60. The van der Waals surface area contributed by atoms with Gasteiger partial charge in [0.25, 0.3) is 5.91 Å². The van der Waals surface area contributed by atoms with E-state index in [1.807, 2.05) is 0 Å². The lowest BCUT2D eigenvalue weighted by Crippen LogP contribution is -2.21. The van der Waals surface area contributed by atoms with Crippen molar-refractivity contribution in [3.63, 3.8) is 0 Å². The molecule has 0 aliphatic carbocycles. The lowest BCUT2D eigenvalue weighted by atomic mass is 10.1. The number of ether oxygens (including phenoxy) is 3. The normalized spacial score (nSPS) is 10.6. The maximum atomic E-state index is 13.2. The van der Waals surface area contributed by atoms with Gasteiger partial charge in [-0.15, -0.1) is 0 Å². The number of carbonyl (C=O) groups is 2. The van der Waals surface area contributed by atoms with Crippen molar-refractivity contribution in [2.45, 2.75) is 0 Å². The third-order valence-corrected chi connectivity index (χ3v) is 5.19. The summed E-state index contributed by atoms with van der Waals surface area (Å²) in [6.45, 7) is -0.269. The number of rotatable bonds is 8. The molecule has 0 atom stereocenters. The first kappa shape index (κ1) is 22.2. The molecule has 8 heteroatoms. The van der Waals surface area contributed by atoms with Gasteiger partial charge in [0.1, 0.15) is 22.8 Å². The highest BCUT2D eigenvalue weighted by Gasteiger charge is 2.24. The Morgan fingerprint density at radius 1 is 0.939 bits per heavy atom. The van der Waals surface area contributed by atoms with Crippen molar-refractivity contribution in [3.05, 3.63) is 83.1 Å². The molecule has 0 unspecified atom stereocenters. The summed E-state index contributed by atoms with van der Waals surface area (Å²) in [6.07, 6.45) is 0. The largest absolute Gasteiger partial charge is 0.497 e. The number of hydrogen-bond donors (Lipinski definition) is 1. The third-order valence-electron chi connectivity index (χ3n) is 4.89. The molecule has 0 saturated heterocycles. The van der Waals surface area contributed by atoms with Crippen LogP contribution in [0.25, 0.3) is 11.0 Å². The van der Waals surface area contributed by atoms with Crippen LogP contribution < -0.4 is 19.5 Å². The minimum absolute atomic E-state index is 0.00726. The van der Waals surface area contributed by atoms with Crippen molar-refractivity contribution in [3.8, 4) is 17.2 Å². The predicted molar refractivity (Wildman–Crippen MR) is 125 cm³/mol. The number of para-hydroxylation sites is 1. The summed E-state index contributed by atoms with van der Waals surface area (Å²) in [7, 11) is 3.04. The summed E-state index contributed by atoms with van der Waals surface area (Å²) in [5.41, 5.74) is 1.02. The molecule has 3 aromatic carbocycles. The van der Waals surface area contributed by atoms with Gasteiger partial charge in [-0.1, -0.05) is 29.8 Å². The Labute approximate surface area is 194 Å². The zero-order chi connectivity index (χ0) is 23.4. The first-order valence-corrected chi connectivity index (χ1v) is 10.3. The van der Waals surface area contributed by atoms with Crippen molar-refractivity contribution in [1.82, 2.24) is 0 Å². The van der Waals surface area contributed by atoms with Crippen LogP contribution in [0.1, 0.15) is 16.1 Å². The van der Waals surface area contributed by atoms with E-state index >= 15 is 0 Å². The first-order valence-electron chi connectivity index (χ1n) is 9.96. The van der Waals surface area contributed by atoms with Crippen LogP contribution >= 0.6 is 11.6 Å². The molecule has 1 amide bonds. The van der Waals surface area contributed by atoms with Crippen molar-refractivity contribution >= 4 is 39.9 Å². The molecular weight excluding hydrogens is 446 g/mol. The first-order chi connectivity index (χ1) is 16.0. The fourth-order valence-corrected chi connectivity index (χ4v) is 3.54. The molecule has 1 aromatic heterocycles. The molecule has 168 valence electrons. The molecule has 7 nitrogen and oxygen atoms in total. The lowest BCUT2D eigenvalue weighted by molar-refractivity contribution is -0.118. The summed E-state index contributed by atoms with van der Waals surface area (Å²) in [5.74, 6) is 0.643. The SMILES string of the molecule is COc1cccc(OCC(=O)Nc2c(C(=O)c3ccc(OC)c(Cl)c3)oc3ccccc23)c1. The number of amides is 1. The lowest BCUT2D eigenvalue weighted by Gasteiger charge is -2.09. The summed E-state index contributed by atoms with van der Waals surface area (Å²) < 4.78 is 21.7. The van der Waals surface area contributed by atoms with Crippen LogP contribution in [0.3, 0.4) is 0 Å². The number of nitrogens with one attached hydrogen (secondary N) is 1. The van der Waals surface area contributed by atoms with E-state index in [-0.39, 0.29) is 23.1 Å². The van der Waals surface area contributed by atoms with Gasteiger partial charge in [0.05, 0.1) is 24.9 Å². The number of halogens is 1. The van der Waals surface area contributed by atoms with Crippen LogP contribution in [-0.2, 0) is 4.79 Å².